The Bertz CT molecular complexity index is 321. The number of hydrogen-bond donors (Lipinski definition) is 0. The Balaban J connectivity index is 2.89. The fourth-order valence-corrected chi connectivity index (χ4v) is 1.82. The first-order valence-corrected chi connectivity index (χ1v) is 5.98. The van der Waals surface area contributed by atoms with Crippen molar-refractivity contribution in [3.05, 3.63) is 12.7 Å². The van der Waals surface area contributed by atoms with Crippen LogP contribution in [0, 0.1) is 5.92 Å². The van der Waals surface area contributed by atoms with Gasteiger partial charge in [-0.25, -0.2) is 9.98 Å². The van der Waals surface area contributed by atoms with Gasteiger partial charge in [0.2, 0.25) is 11.8 Å². The Labute approximate surface area is 103 Å². The fourth-order valence-electron chi connectivity index (χ4n) is 1.82. The van der Waals surface area contributed by atoms with Crippen LogP contribution in [0.3, 0.4) is 0 Å². The summed E-state index contributed by atoms with van der Waals surface area (Å²) in [5.74, 6) is 1.75. The molecule has 4 heteroatoms. The van der Waals surface area contributed by atoms with Crippen molar-refractivity contribution in [3.63, 3.8) is 0 Å². The van der Waals surface area contributed by atoms with E-state index in [0.29, 0.717) is 17.7 Å². The molecule has 0 fully saturated rings. The van der Waals surface area contributed by atoms with E-state index in [1.165, 1.54) is 0 Å². The average Bonchev–Trinajstić information content (AvgIpc) is 2.34. The molecule has 1 aliphatic rings. The summed E-state index contributed by atoms with van der Waals surface area (Å²) in [4.78, 5) is 9.17. The van der Waals surface area contributed by atoms with Crippen molar-refractivity contribution in [2.24, 2.45) is 15.9 Å². The van der Waals surface area contributed by atoms with Gasteiger partial charge in [0.1, 0.15) is 12.1 Å². The summed E-state index contributed by atoms with van der Waals surface area (Å²) in [6.07, 6.45) is 3.62. The number of rotatable bonds is 4. The smallest absolute Gasteiger partial charge is 0.209 e. The lowest BCUT2D eigenvalue weighted by atomic mass is 10.0. The van der Waals surface area contributed by atoms with E-state index in [2.05, 4.69) is 30.4 Å². The molecule has 0 spiro atoms. The molecule has 1 rings (SSSR count). The van der Waals surface area contributed by atoms with Crippen LogP contribution in [-0.4, -0.2) is 38.1 Å². The van der Waals surface area contributed by atoms with Crippen molar-refractivity contribution in [3.8, 4) is 0 Å². The molecule has 1 unspecified atom stereocenters. The van der Waals surface area contributed by atoms with Gasteiger partial charge in [-0.15, -0.1) is 6.58 Å². The molecule has 0 bridgehead atoms. The molecular weight excluding hydrogens is 216 g/mol. The average molecular weight is 238 g/mol. The van der Waals surface area contributed by atoms with Gasteiger partial charge in [0.05, 0.1) is 14.2 Å². The summed E-state index contributed by atoms with van der Waals surface area (Å²) in [5.41, 5.74) is 0. The molecule has 0 aromatic carbocycles. The SMILES string of the molecule is C=CCC[C@@H]1N=C(OC)C(C(C)C)N=C1OC. The van der Waals surface area contributed by atoms with Crippen molar-refractivity contribution in [2.45, 2.75) is 38.8 Å². The first-order valence-electron chi connectivity index (χ1n) is 5.98. The number of ether oxygens (including phenoxy) is 2. The largest absolute Gasteiger partial charge is 0.483 e. The number of nitrogens with zero attached hydrogens (tertiary/aromatic N) is 2. The van der Waals surface area contributed by atoms with Crippen LogP contribution in [-0.2, 0) is 9.47 Å². The van der Waals surface area contributed by atoms with Gasteiger partial charge in [-0.3, -0.25) is 0 Å². The number of allylic oxidation sites excluding steroid dienone is 1. The first kappa shape index (κ1) is 13.7. The lowest BCUT2D eigenvalue weighted by molar-refractivity contribution is 0.331. The molecule has 0 aromatic heterocycles. The number of hydrogen-bond acceptors (Lipinski definition) is 4. The van der Waals surface area contributed by atoms with Crippen molar-refractivity contribution in [2.75, 3.05) is 14.2 Å². The maximum absolute atomic E-state index is 5.33. The zero-order valence-corrected chi connectivity index (χ0v) is 11.1. The van der Waals surface area contributed by atoms with E-state index in [4.69, 9.17) is 9.47 Å². The zero-order valence-electron chi connectivity index (χ0n) is 11.1. The highest BCUT2D eigenvalue weighted by Crippen LogP contribution is 2.19. The Morgan fingerprint density at radius 1 is 1.24 bits per heavy atom. The van der Waals surface area contributed by atoms with E-state index in [-0.39, 0.29) is 12.1 Å². The van der Waals surface area contributed by atoms with Crippen molar-refractivity contribution in [1.29, 1.82) is 0 Å². The third-order valence-corrected chi connectivity index (χ3v) is 2.78. The first-order chi connectivity index (χ1) is 8.13. The van der Waals surface area contributed by atoms with Crippen LogP contribution >= 0.6 is 0 Å². The minimum Gasteiger partial charge on any atom is -0.483 e. The van der Waals surface area contributed by atoms with Gasteiger partial charge in [0, 0.05) is 0 Å². The lowest BCUT2D eigenvalue weighted by Gasteiger charge is -2.26. The molecule has 0 saturated carbocycles. The van der Waals surface area contributed by atoms with Crippen molar-refractivity contribution < 1.29 is 9.47 Å². The Kier molecular flexibility index (Phi) is 5.19. The van der Waals surface area contributed by atoms with Crippen LogP contribution in [0.2, 0.25) is 0 Å². The summed E-state index contributed by atoms with van der Waals surface area (Å²) in [6, 6.07) is -0.0714. The molecule has 1 heterocycles. The van der Waals surface area contributed by atoms with Crippen LogP contribution in [0.4, 0.5) is 0 Å². The Morgan fingerprint density at radius 2 is 1.88 bits per heavy atom. The van der Waals surface area contributed by atoms with Gasteiger partial charge >= 0.3 is 0 Å². The minimum atomic E-state index is -0.0389. The van der Waals surface area contributed by atoms with Gasteiger partial charge in [-0.05, 0) is 18.8 Å². The predicted molar refractivity (Wildman–Crippen MR) is 70.7 cm³/mol. The third-order valence-electron chi connectivity index (χ3n) is 2.78. The van der Waals surface area contributed by atoms with E-state index in [1.54, 1.807) is 14.2 Å². The van der Waals surface area contributed by atoms with E-state index in [9.17, 15) is 0 Å². The maximum atomic E-state index is 5.33. The maximum Gasteiger partial charge on any atom is 0.209 e. The second kappa shape index (κ2) is 6.42. The molecule has 0 N–H and O–H groups in total. The van der Waals surface area contributed by atoms with Crippen molar-refractivity contribution >= 4 is 11.8 Å². The highest BCUT2D eigenvalue weighted by molar-refractivity contribution is 5.94. The standard InChI is InChI=1S/C13H22N2O2/c1-6-7-8-10-12(16-4)15-11(9(2)3)13(14-10)17-5/h6,9-11H,1,7-8H2,2-5H3/t10-,11?/m0/s1. The third kappa shape index (κ3) is 3.32. The van der Waals surface area contributed by atoms with Gasteiger partial charge in [0.15, 0.2) is 0 Å². The molecule has 0 radical (unpaired) electrons. The Morgan fingerprint density at radius 3 is 2.35 bits per heavy atom. The van der Waals surface area contributed by atoms with Gasteiger partial charge in [-0.1, -0.05) is 19.9 Å². The topological polar surface area (TPSA) is 43.2 Å². The molecule has 0 amide bonds. The van der Waals surface area contributed by atoms with Crippen LogP contribution in [0.5, 0.6) is 0 Å². The minimum absolute atomic E-state index is 0.0325. The summed E-state index contributed by atoms with van der Waals surface area (Å²) >= 11 is 0. The van der Waals surface area contributed by atoms with Crippen LogP contribution in [0.15, 0.2) is 22.6 Å². The quantitative estimate of drug-likeness (QED) is 0.706. The molecule has 17 heavy (non-hydrogen) atoms. The second-order valence-electron chi connectivity index (χ2n) is 4.41. The monoisotopic (exact) mass is 238 g/mol. The number of aliphatic imine (C=N–C) groups is 2. The van der Waals surface area contributed by atoms with E-state index < -0.39 is 0 Å². The summed E-state index contributed by atoms with van der Waals surface area (Å²) < 4.78 is 10.7. The highest BCUT2D eigenvalue weighted by atomic mass is 16.5. The molecule has 0 saturated heterocycles. The second-order valence-corrected chi connectivity index (χ2v) is 4.41. The van der Waals surface area contributed by atoms with Gasteiger partial charge in [0.25, 0.3) is 0 Å². The molecule has 4 nitrogen and oxygen atoms in total. The van der Waals surface area contributed by atoms with Crippen molar-refractivity contribution in [1.82, 2.24) is 0 Å². The van der Waals surface area contributed by atoms with Gasteiger partial charge in [-0.2, -0.15) is 0 Å². The van der Waals surface area contributed by atoms with Crippen LogP contribution in [0.25, 0.3) is 0 Å². The van der Waals surface area contributed by atoms with E-state index in [0.717, 1.165) is 12.8 Å². The zero-order chi connectivity index (χ0) is 12.8. The normalized spacial score (nSPS) is 24.1. The molecule has 2 atom stereocenters. The number of methoxy groups -OCH3 is 2. The van der Waals surface area contributed by atoms with Crippen LogP contribution in [0.1, 0.15) is 26.7 Å². The summed E-state index contributed by atoms with van der Waals surface area (Å²) in [7, 11) is 3.29. The van der Waals surface area contributed by atoms with Gasteiger partial charge < -0.3 is 9.47 Å². The molecule has 1 aliphatic heterocycles. The van der Waals surface area contributed by atoms with Crippen LogP contribution < -0.4 is 0 Å². The summed E-state index contributed by atoms with van der Waals surface area (Å²) in [5, 5.41) is 0. The molecule has 96 valence electrons. The fraction of sp³-hybridized carbons (Fsp3) is 0.692. The highest BCUT2D eigenvalue weighted by Gasteiger charge is 2.30. The predicted octanol–water partition coefficient (Wildman–Crippen LogP) is 2.45. The lowest BCUT2D eigenvalue weighted by Crippen LogP contribution is -2.37. The van der Waals surface area contributed by atoms with E-state index in [1.807, 2.05) is 6.08 Å². The molecule has 0 aliphatic carbocycles. The molecule has 0 aromatic rings. The Hall–Kier alpha value is -1.32. The van der Waals surface area contributed by atoms with E-state index >= 15 is 0 Å². The summed E-state index contributed by atoms with van der Waals surface area (Å²) in [6.45, 7) is 7.91. The molecular formula is C13H22N2O2.